The number of alkyl carbamates (subject to hydrolysis) is 1. The van der Waals surface area contributed by atoms with Crippen LogP contribution in [0, 0.1) is 0 Å². The van der Waals surface area contributed by atoms with Crippen LogP contribution < -0.4 is 5.32 Å². The number of hydrogen-bond acceptors (Lipinski definition) is 4. The van der Waals surface area contributed by atoms with E-state index in [9.17, 15) is 14.7 Å². The minimum absolute atomic E-state index is 0.0776. The van der Waals surface area contributed by atoms with Crippen molar-refractivity contribution >= 4 is 23.4 Å². The van der Waals surface area contributed by atoms with Gasteiger partial charge < -0.3 is 15.2 Å². The Kier molecular flexibility index (Phi) is 6.14. The number of carbonyl (C=O) groups is 2. The van der Waals surface area contributed by atoms with E-state index in [1.54, 1.807) is 11.3 Å². The molecule has 170 valence electrons. The zero-order valence-electron chi connectivity index (χ0n) is 18.3. The number of aliphatic carboxylic acids is 1. The van der Waals surface area contributed by atoms with E-state index in [-0.39, 0.29) is 18.9 Å². The quantitative estimate of drug-likeness (QED) is 0.351. The topological polar surface area (TPSA) is 75.6 Å². The van der Waals surface area contributed by atoms with Gasteiger partial charge in [-0.1, -0.05) is 78.9 Å². The molecule has 0 radical (unpaired) electrons. The van der Waals surface area contributed by atoms with Gasteiger partial charge in [0.25, 0.3) is 0 Å². The third-order valence-corrected chi connectivity index (χ3v) is 7.05. The van der Waals surface area contributed by atoms with Crippen molar-refractivity contribution in [1.82, 2.24) is 5.32 Å². The number of carbonyl (C=O) groups excluding carboxylic acids is 1. The molecule has 4 aromatic rings. The molecule has 0 saturated heterocycles. The lowest BCUT2D eigenvalue weighted by molar-refractivity contribution is -0.139. The van der Waals surface area contributed by atoms with Crippen molar-refractivity contribution in [2.45, 2.75) is 18.4 Å². The smallest absolute Gasteiger partial charge is 0.407 e. The van der Waals surface area contributed by atoms with Gasteiger partial charge in [0.2, 0.25) is 0 Å². The van der Waals surface area contributed by atoms with Crippen LogP contribution >= 0.6 is 11.3 Å². The van der Waals surface area contributed by atoms with Gasteiger partial charge in [-0.05, 0) is 44.8 Å². The number of ether oxygens (including phenoxy) is 1. The van der Waals surface area contributed by atoms with Gasteiger partial charge in [0.15, 0.2) is 0 Å². The summed E-state index contributed by atoms with van der Waals surface area (Å²) in [6, 6.07) is 26.8. The second-order valence-corrected chi connectivity index (χ2v) is 9.19. The van der Waals surface area contributed by atoms with Crippen LogP contribution in [0.3, 0.4) is 0 Å². The summed E-state index contributed by atoms with van der Waals surface area (Å²) in [6.45, 7) is 0.141. The Hall–Kier alpha value is -3.90. The molecular formula is C28H23NO4S. The Bertz CT molecular complexity index is 1270. The first-order valence-corrected chi connectivity index (χ1v) is 12.0. The average molecular weight is 470 g/mol. The fraction of sp³-hybridized carbons (Fsp3) is 0.143. The van der Waals surface area contributed by atoms with Gasteiger partial charge >= 0.3 is 12.1 Å². The van der Waals surface area contributed by atoms with E-state index in [1.807, 2.05) is 78.2 Å². The first-order valence-electron chi connectivity index (χ1n) is 11.1. The van der Waals surface area contributed by atoms with Crippen molar-refractivity contribution in [2.24, 2.45) is 0 Å². The number of hydrogen-bond donors (Lipinski definition) is 2. The molecule has 5 rings (SSSR count). The zero-order chi connectivity index (χ0) is 23.5. The number of fused-ring (bicyclic) bond motifs is 3. The van der Waals surface area contributed by atoms with Gasteiger partial charge in [0.1, 0.15) is 12.6 Å². The molecule has 0 spiro atoms. The van der Waals surface area contributed by atoms with Crippen molar-refractivity contribution in [2.75, 3.05) is 6.61 Å². The maximum atomic E-state index is 12.5. The molecular weight excluding hydrogens is 446 g/mol. The van der Waals surface area contributed by atoms with E-state index in [0.29, 0.717) is 0 Å². The molecule has 0 aliphatic heterocycles. The van der Waals surface area contributed by atoms with Crippen molar-refractivity contribution in [3.63, 3.8) is 0 Å². The SMILES string of the molecule is O=C(N[C@@H](Cc1ccc(-c2cccs2)cc1)C(=O)O)OCC1c2ccccc2-c2ccccc21. The molecule has 0 bridgehead atoms. The molecule has 0 fully saturated rings. The molecule has 5 nitrogen and oxygen atoms in total. The Morgan fingerprint density at radius 3 is 2.12 bits per heavy atom. The van der Waals surface area contributed by atoms with Gasteiger partial charge in [-0.3, -0.25) is 0 Å². The fourth-order valence-corrected chi connectivity index (χ4v) is 5.20. The van der Waals surface area contributed by atoms with E-state index in [0.717, 1.165) is 38.3 Å². The number of carboxylic acid groups (broad SMARTS) is 1. The van der Waals surface area contributed by atoms with Crippen LogP contribution in [-0.2, 0) is 16.0 Å². The lowest BCUT2D eigenvalue weighted by atomic mass is 9.98. The fourth-order valence-electron chi connectivity index (χ4n) is 4.47. The predicted octanol–water partition coefficient (Wildman–Crippen LogP) is 5.95. The summed E-state index contributed by atoms with van der Waals surface area (Å²) in [5, 5.41) is 14.2. The number of nitrogens with one attached hydrogen (secondary N) is 1. The Balaban J connectivity index is 1.23. The Labute approximate surface area is 201 Å². The number of thiophene rings is 1. The van der Waals surface area contributed by atoms with Crippen LogP contribution in [0.1, 0.15) is 22.6 Å². The Morgan fingerprint density at radius 1 is 0.882 bits per heavy atom. The molecule has 1 amide bonds. The largest absolute Gasteiger partial charge is 0.480 e. The van der Waals surface area contributed by atoms with E-state index in [1.165, 1.54) is 0 Å². The van der Waals surface area contributed by atoms with E-state index in [2.05, 4.69) is 17.4 Å². The van der Waals surface area contributed by atoms with Crippen molar-refractivity contribution < 1.29 is 19.4 Å². The zero-order valence-corrected chi connectivity index (χ0v) is 19.1. The predicted molar refractivity (Wildman–Crippen MR) is 133 cm³/mol. The number of carboxylic acids is 1. The highest BCUT2D eigenvalue weighted by molar-refractivity contribution is 7.13. The maximum Gasteiger partial charge on any atom is 0.407 e. The molecule has 34 heavy (non-hydrogen) atoms. The number of amides is 1. The summed E-state index contributed by atoms with van der Waals surface area (Å²) in [7, 11) is 0. The highest BCUT2D eigenvalue weighted by Crippen LogP contribution is 2.44. The molecule has 1 aliphatic carbocycles. The minimum atomic E-state index is -1.10. The van der Waals surface area contributed by atoms with Crippen LogP contribution in [0.25, 0.3) is 21.6 Å². The maximum absolute atomic E-state index is 12.5. The van der Waals surface area contributed by atoms with Gasteiger partial charge in [0, 0.05) is 17.2 Å². The van der Waals surface area contributed by atoms with Crippen LogP contribution in [0.2, 0.25) is 0 Å². The highest BCUT2D eigenvalue weighted by atomic mass is 32.1. The lowest BCUT2D eigenvalue weighted by Gasteiger charge is -2.17. The van der Waals surface area contributed by atoms with Crippen molar-refractivity contribution in [3.05, 3.63) is 107 Å². The molecule has 2 N–H and O–H groups in total. The summed E-state index contributed by atoms with van der Waals surface area (Å²) >= 11 is 1.65. The molecule has 0 unspecified atom stereocenters. The van der Waals surface area contributed by atoms with Crippen LogP contribution in [0.4, 0.5) is 4.79 Å². The number of benzene rings is 3. The van der Waals surface area contributed by atoms with Gasteiger partial charge in [-0.25, -0.2) is 9.59 Å². The van der Waals surface area contributed by atoms with E-state index < -0.39 is 18.1 Å². The van der Waals surface area contributed by atoms with E-state index in [4.69, 9.17) is 4.74 Å². The molecule has 1 atom stereocenters. The first-order chi connectivity index (χ1) is 16.6. The standard InChI is InChI=1S/C28H23NO4S/c30-27(31)25(16-18-11-13-19(14-12-18)26-10-5-15-34-26)29-28(32)33-17-24-22-8-3-1-6-20(22)21-7-2-4-9-23(21)24/h1-15,24-25H,16-17H2,(H,29,32)(H,30,31)/t25-/m0/s1. The highest BCUT2D eigenvalue weighted by Gasteiger charge is 2.29. The van der Waals surface area contributed by atoms with Gasteiger partial charge in [0.05, 0.1) is 0 Å². The molecule has 3 aromatic carbocycles. The summed E-state index contributed by atoms with van der Waals surface area (Å²) in [6.07, 6.45) is -0.561. The first kappa shape index (κ1) is 21.9. The van der Waals surface area contributed by atoms with Crippen LogP contribution in [-0.4, -0.2) is 29.8 Å². The third kappa shape index (κ3) is 4.45. The summed E-state index contributed by atoms with van der Waals surface area (Å²) in [5.74, 6) is -1.18. The Morgan fingerprint density at radius 2 is 1.53 bits per heavy atom. The summed E-state index contributed by atoms with van der Waals surface area (Å²) < 4.78 is 5.51. The summed E-state index contributed by atoms with van der Waals surface area (Å²) in [4.78, 5) is 25.5. The molecule has 1 aromatic heterocycles. The minimum Gasteiger partial charge on any atom is -0.480 e. The lowest BCUT2D eigenvalue weighted by Crippen LogP contribution is -2.42. The second kappa shape index (κ2) is 9.53. The molecule has 6 heteroatoms. The van der Waals surface area contributed by atoms with Crippen LogP contribution in [0.15, 0.2) is 90.3 Å². The molecule has 1 aliphatic rings. The summed E-state index contributed by atoms with van der Waals surface area (Å²) in [5.41, 5.74) is 6.40. The number of rotatable bonds is 7. The van der Waals surface area contributed by atoms with Crippen molar-refractivity contribution in [1.29, 1.82) is 0 Å². The van der Waals surface area contributed by atoms with Crippen LogP contribution in [0.5, 0.6) is 0 Å². The average Bonchev–Trinajstić information content (AvgIpc) is 3.50. The van der Waals surface area contributed by atoms with Gasteiger partial charge in [-0.2, -0.15) is 0 Å². The third-order valence-electron chi connectivity index (χ3n) is 6.13. The molecule has 1 heterocycles. The second-order valence-electron chi connectivity index (χ2n) is 8.24. The van der Waals surface area contributed by atoms with Crippen molar-refractivity contribution in [3.8, 4) is 21.6 Å². The monoisotopic (exact) mass is 469 g/mol. The van der Waals surface area contributed by atoms with Gasteiger partial charge in [-0.15, -0.1) is 11.3 Å². The molecule has 0 saturated carbocycles. The normalized spacial score (nSPS) is 13.1. The van der Waals surface area contributed by atoms with E-state index >= 15 is 0 Å².